The normalized spacial score (nSPS) is 29.3. The van der Waals surface area contributed by atoms with E-state index in [-0.39, 0.29) is 11.6 Å². The number of nitrogens with two attached hydrogens (primary N) is 1. The van der Waals surface area contributed by atoms with Gasteiger partial charge in [-0.2, -0.15) is 0 Å². The van der Waals surface area contributed by atoms with Crippen LogP contribution in [0.1, 0.15) is 20.3 Å². The van der Waals surface area contributed by atoms with Crippen LogP contribution >= 0.6 is 11.6 Å². The molecule has 0 saturated carbocycles. The van der Waals surface area contributed by atoms with Crippen molar-refractivity contribution in [1.82, 2.24) is 0 Å². The molecule has 88 valence electrons. The van der Waals surface area contributed by atoms with Crippen molar-refractivity contribution in [3.05, 3.63) is 23.2 Å². The van der Waals surface area contributed by atoms with Crippen molar-refractivity contribution < 1.29 is 4.74 Å². The van der Waals surface area contributed by atoms with E-state index in [2.05, 4.69) is 19.2 Å². The fourth-order valence-electron chi connectivity index (χ4n) is 1.94. The Morgan fingerprint density at radius 2 is 2.31 bits per heavy atom. The summed E-state index contributed by atoms with van der Waals surface area (Å²) in [5.74, 6) is 0. The SMILES string of the molecule is CC1OCCC1(C)Nc1cc(Cl)ccc1N. The summed E-state index contributed by atoms with van der Waals surface area (Å²) < 4.78 is 5.57. The summed E-state index contributed by atoms with van der Waals surface area (Å²) in [6.45, 7) is 5.00. The number of halogens is 1. The van der Waals surface area contributed by atoms with Gasteiger partial charge in [0.05, 0.1) is 23.0 Å². The average molecular weight is 241 g/mol. The molecule has 1 heterocycles. The Hall–Kier alpha value is -0.930. The summed E-state index contributed by atoms with van der Waals surface area (Å²) in [6, 6.07) is 5.46. The molecule has 1 fully saturated rings. The number of nitrogen functional groups attached to an aromatic ring is 1. The van der Waals surface area contributed by atoms with Crippen molar-refractivity contribution in [1.29, 1.82) is 0 Å². The van der Waals surface area contributed by atoms with Crippen LogP contribution in [-0.2, 0) is 4.74 Å². The molecule has 2 rings (SSSR count). The van der Waals surface area contributed by atoms with Gasteiger partial charge in [0.25, 0.3) is 0 Å². The van der Waals surface area contributed by atoms with Gasteiger partial charge in [-0.3, -0.25) is 0 Å². The lowest BCUT2D eigenvalue weighted by molar-refractivity contribution is 0.105. The van der Waals surface area contributed by atoms with E-state index < -0.39 is 0 Å². The average Bonchev–Trinajstić information content (AvgIpc) is 2.53. The third kappa shape index (κ3) is 2.11. The zero-order chi connectivity index (χ0) is 11.8. The standard InChI is InChI=1S/C12H17ClN2O/c1-8-12(2,5-6-16-8)15-11-7-9(13)3-4-10(11)14/h3-4,7-8,15H,5-6,14H2,1-2H3. The van der Waals surface area contributed by atoms with Crippen molar-refractivity contribution >= 4 is 23.0 Å². The highest BCUT2D eigenvalue weighted by Crippen LogP contribution is 2.32. The van der Waals surface area contributed by atoms with E-state index in [9.17, 15) is 0 Å². The minimum absolute atomic E-state index is 0.0706. The first-order chi connectivity index (χ1) is 7.51. The molecule has 1 aromatic rings. The summed E-state index contributed by atoms with van der Waals surface area (Å²) in [4.78, 5) is 0. The molecule has 0 spiro atoms. The van der Waals surface area contributed by atoms with E-state index in [1.54, 1.807) is 6.07 Å². The molecule has 0 amide bonds. The van der Waals surface area contributed by atoms with Crippen molar-refractivity contribution in [2.24, 2.45) is 0 Å². The molecule has 2 unspecified atom stereocenters. The van der Waals surface area contributed by atoms with Gasteiger partial charge in [0, 0.05) is 11.6 Å². The number of benzene rings is 1. The number of nitrogens with one attached hydrogen (secondary N) is 1. The predicted octanol–water partition coefficient (Wildman–Crippen LogP) is 2.90. The quantitative estimate of drug-likeness (QED) is 0.782. The summed E-state index contributed by atoms with van der Waals surface area (Å²) in [5, 5.41) is 4.13. The van der Waals surface area contributed by atoms with Gasteiger partial charge in [0.2, 0.25) is 0 Å². The molecule has 1 aliphatic rings. The molecule has 0 bridgehead atoms. The number of ether oxygens (including phenoxy) is 1. The maximum Gasteiger partial charge on any atom is 0.0774 e. The molecule has 3 N–H and O–H groups in total. The van der Waals surface area contributed by atoms with Gasteiger partial charge in [-0.25, -0.2) is 0 Å². The highest BCUT2D eigenvalue weighted by atomic mass is 35.5. The van der Waals surface area contributed by atoms with Gasteiger partial charge in [0.15, 0.2) is 0 Å². The van der Waals surface area contributed by atoms with E-state index >= 15 is 0 Å². The highest BCUT2D eigenvalue weighted by Gasteiger charge is 2.37. The lowest BCUT2D eigenvalue weighted by Crippen LogP contribution is -2.41. The monoisotopic (exact) mass is 240 g/mol. The molecule has 0 radical (unpaired) electrons. The Bertz CT molecular complexity index is 397. The van der Waals surface area contributed by atoms with Crippen molar-refractivity contribution in [2.75, 3.05) is 17.7 Å². The van der Waals surface area contributed by atoms with Gasteiger partial charge in [0.1, 0.15) is 0 Å². The maximum absolute atomic E-state index is 5.96. The first kappa shape index (κ1) is 11.6. The van der Waals surface area contributed by atoms with Crippen LogP contribution in [0.4, 0.5) is 11.4 Å². The molecular weight excluding hydrogens is 224 g/mol. The number of hydrogen-bond donors (Lipinski definition) is 2. The second-order valence-electron chi connectivity index (χ2n) is 4.54. The Morgan fingerprint density at radius 1 is 1.56 bits per heavy atom. The van der Waals surface area contributed by atoms with Crippen LogP contribution < -0.4 is 11.1 Å². The van der Waals surface area contributed by atoms with Crippen LogP contribution in [0.2, 0.25) is 5.02 Å². The maximum atomic E-state index is 5.96. The van der Waals surface area contributed by atoms with Crippen LogP contribution in [0.15, 0.2) is 18.2 Å². The molecule has 1 aliphatic heterocycles. The molecule has 0 aliphatic carbocycles. The largest absolute Gasteiger partial charge is 0.397 e. The molecule has 2 atom stereocenters. The van der Waals surface area contributed by atoms with Gasteiger partial charge in [-0.05, 0) is 38.5 Å². The van der Waals surface area contributed by atoms with Gasteiger partial charge < -0.3 is 15.8 Å². The van der Waals surface area contributed by atoms with E-state index in [4.69, 9.17) is 22.1 Å². The first-order valence-corrected chi connectivity index (χ1v) is 5.84. The lowest BCUT2D eigenvalue weighted by atomic mass is 9.94. The fourth-order valence-corrected chi connectivity index (χ4v) is 2.12. The van der Waals surface area contributed by atoms with Crippen LogP contribution in [0, 0.1) is 0 Å². The summed E-state index contributed by atoms with van der Waals surface area (Å²) in [6.07, 6.45) is 1.14. The Kier molecular flexibility index (Phi) is 3.00. The van der Waals surface area contributed by atoms with Crippen LogP contribution in [0.25, 0.3) is 0 Å². The van der Waals surface area contributed by atoms with Gasteiger partial charge >= 0.3 is 0 Å². The van der Waals surface area contributed by atoms with Crippen LogP contribution in [0.3, 0.4) is 0 Å². The molecular formula is C12H17ClN2O. The van der Waals surface area contributed by atoms with Crippen LogP contribution in [-0.4, -0.2) is 18.2 Å². The van der Waals surface area contributed by atoms with Gasteiger partial charge in [-0.1, -0.05) is 11.6 Å². The highest BCUT2D eigenvalue weighted by molar-refractivity contribution is 6.31. The molecule has 1 aromatic carbocycles. The number of anilines is 2. The Balaban J connectivity index is 2.23. The summed E-state index contributed by atoms with van der Waals surface area (Å²) in [5.41, 5.74) is 7.43. The van der Waals surface area contributed by atoms with Crippen molar-refractivity contribution in [3.63, 3.8) is 0 Å². The van der Waals surface area contributed by atoms with Crippen LogP contribution in [0.5, 0.6) is 0 Å². The lowest BCUT2D eigenvalue weighted by Gasteiger charge is -2.30. The van der Waals surface area contributed by atoms with Crippen molar-refractivity contribution in [3.8, 4) is 0 Å². The topological polar surface area (TPSA) is 47.3 Å². The smallest absolute Gasteiger partial charge is 0.0774 e. The number of rotatable bonds is 2. The zero-order valence-electron chi connectivity index (χ0n) is 9.59. The fraction of sp³-hybridized carbons (Fsp3) is 0.500. The Labute approximate surface area is 101 Å². The van der Waals surface area contributed by atoms with E-state index in [0.717, 1.165) is 18.7 Å². The third-order valence-corrected chi connectivity index (χ3v) is 3.56. The predicted molar refractivity (Wildman–Crippen MR) is 67.9 cm³/mol. The van der Waals surface area contributed by atoms with E-state index in [1.807, 2.05) is 12.1 Å². The third-order valence-electron chi connectivity index (χ3n) is 3.32. The zero-order valence-corrected chi connectivity index (χ0v) is 10.3. The first-order valence-electron chi connectivity index (χ1n) is 5.46. The van der Waals surface area contributed by atoms with E-state index in [1.165, 1.54) is 0 Å². The minimum Gasteiger partial charge on any atom is -0.397 e. The van der Waals surface area contributed by atoms with Gasteiger partial charge in [-0.15, -0.1) is 0 Å². The van der Waals surface area contributed by atoms with Crippen molar-refractivity contribution in [2.45, 2.75) is 31.9 Å². The summed E-state index contributed by atoms with van der Waals surface area (Å²) in [7, 11) is 0. The molecule has 16 heavy (non-hydrogen) atoms. The molecule has 3 nitrogen and oxygen atoms in total. The second-order valence-corrected chi connectivity index (χ2v) is 4.97. The molecule has 1 saturated heterocycles. The second kappa shape index (κ2) is 4.15. The number of hydrogen-bond acceptors (Lipinski definition) is 3. The van der Waals surface area contributed by atoms with E-state index in [0.29, 0.717) is 10.7 Å². The summed E-state index contributed by atoms with van der Waals surface area (Å²) >= 11 is 5.96. The molecule has 4 heteroatoms. The minimum atomic E-state index is -0.0706. The molecule has 0 aromatic heterocycles. The Morgan fingerprint density at radius 3 is 2.94 bits per heavy atom.